The molecule has 0 atom stereocenters. The molecule has 2 aromatic rings. The van der Waals surface area contributed by atoms with Gasteiger partial charge in [-0.1, -0.05) is 41.4 Å². The number of rotatable bonds is 7. The number of nitrogens with two attached hydrogens (primary N) is 1. The Kier molecular flexibility index (Phi) is 20.1. The van der Waals surface area contributed by atoms with Gasteiger partial charge in [-0.25, -0.2) is 0 Å². The van der Waals surface area contributed by atoms with Crippen LogP contribution in [-0.2, 0) is 34.9 Å². The fraction of sp³-hybridized carbons (Fsp3) is 0.423. The van der Waals surface area contributed by atoms with Crippen LogP contribution in [0, 0.1) is 0 Å². The Morgan fingerprint density at radius 3 is 1.69 bits per heavy atom. The fourth-order valence-electron chi connectivity index (χ4n) is 2.37. The van der Waals surface area contributed by atoms with E-state index in [1.807, 2.05) is 36.4 Å². The molecular formula is C26H36BCl2N2NaO7. The first-order valence-electron chi connectivity index (χ1n) is 12.0. The van der Waals surface area contributed by atoms with Crippen molar-refractivity contribution in [1.82, 2.24) is 5.32 Å². The van der Waals surface area contributed by atoms with Crippen LogP contribution in [-0.4, -0.2) is 44.4 Å². The van der Waals surface area contributed by atoms with Gasteiger partial charge in [-0.3, -0.25) is 14.4 Å². The summed E-state index contributed by atoms with van der Waals surface area (Å²) in [6, 6.07) is 16.6. The molecule has 0 heterocycles. The number of nitrogens with one attached hydrogen (secondary N) is 1. The van der Waals surface area contributed by atoms with Crippen molar-refractivity contribution in [2.75, 3.05) is 7.11 Å². The average molecular weight is 593 g/mol. The summed E-state index contributed by atoms with van der Waals surface area (Å²) >= 11 is 11.5. The van der Waals surface area contributed by atoms with Gasteiger partial charge in [0.1, 0.15) is 5.75 Å². The van der Waals surface area contributed by atoms with Crippen molar-refractivity contribution in [3.63, 3.8) is 0 Å². The van der Waals surface area contributed by atoms with Crippen molar-refractivity contribution >= 4 is 48.4 Å². The molecule has 0 spiro atoms. The second-order valence-corrected chi connectivity index (χ2v) is 9.27. The van der Waals surface area contributed by atoms with Gasteiger partial charge in [-0.05, 0) is 61.6 Å². The van der Waals surface area contributed by atoms with E-state index in [0.29, 0.717) is 11.1 Å². The van der Waals surface area contributed by atoms with Gasteiger partial charge < -0.3 is 31.2 Å². The average Bonchev–Trinajstić information content (AvgIpc) is 3.76. The van der Waals surface area contributed by atoms with Crippen molar-refractivity contribution in [3.05, 3.63) is 64.1 Å². The maximum absolute atomic E-state index is 10.4. The Bertz CT molecular complexity index is 996. The largest absolute Gasteiger partial charge is 1.00 e. The maximum Gasteiger partial charge on any atom is 1.00 e. The summed E-state index contributed by atoms with van der Waals surface area (Å²) in [6.07, 6.45) is 5.20. The summed E-state index contributed by atoms with van der Waals surface area (Å²) in [4.78, 5) is 31.2. The van der Waals surface area contributed by atoms with Crippen LogP contribution in [0.25, 0.3) is 0 Å². The van der Waals surface area contributed by atoms with Crippen molar-refractivity contribution in [2.24, 2.45) is 5.73 Å². The Morgan fingerprint density at radius 1 is 0.897 bits per heavy atom. The monoisotopic (exact) mass is 592 g/mol. The van der Waals surface area contributed by atoms with Gasteiger partial charge in [0.05, 0.1) is 7.11 Å². The first kappa shape index (κ1) is 37.2. The van der Waals surface area contributed by atoms with Crippen LogP contribution in [0.2, 0.25) is 10.0 Å². The van der Waals surface area contributed by atoms with Gasteiger partial charge in [-0.15, -0.1) is 0 Å². The Hall–Kier alpha value is -1.79. The molecule has 210 valence electrons. The molecule has 0 aromatic heterocycles. The molecule has 0 bridgehead atoms. The zero-order valence-electron chi connectivity index (χ0n) is 24.1. The third-order valence-electron chi connectivity index (χ3n) is 4.50. The topological polar surface area (TPSA) is 126 Å². The van der Waals surface area contributed by atoms with E-state index >= 15 is 0 Å². The normalized spacial score (nSPS) is 12.7. The van der Waals surface area contributed by atoms with Crippen molar-refractivity contribution < 1.29 is 64.1 Å². The predicted molar refractivity (Wildman–Crippen MR) is 149 cm³/mol. The molecule has 2 fully saturated rings. The molecule has 0 amide bonds. The van der Waals surface area contributed by atoms with E-state index in [4.69, 9.17) is 33.7 Å². The van der Waals surface area contributed by atoms with Crippen LogP contribution >= 0.6 is 23.2 Å². The van der Waals surface area contributed by atoms with Gasteiger partial charge in [-0.2, -0.15) is 0 Å². The maximum atomic E-state index is 10.4. The van der Waals surface area contributed by atoms with Gasteiger partial charge in [0.15, 0.2) is 0 Å². The molecule has 2 aromatic carbocycles. The molecule has 2 saturated carbocycles. The van der Waals surface area contributed by atoms with Crippen molar-refractivity contribution in [1.29, 1.82) is 0 Å². The summed E-state index contributed by atoms with van der Waals surface area (Å²) in [5.74, 6) is -1.35. The zero-order valence-corrected chi connectivity index (χ0v) is 26.6. The molecule has 3 N–H and O–H groups in total. The van der Waals surface area contributed by atoms with Gasteiger partial charge in [0.25, 0.3) is 17.9 Å². The van der Waals surface area contributed by atoms with Gasteiger partial charge in [0.2, 0.25) is 0 Å². The number of carbonyl (C=O) groups excluding carboxylic acids is 3. The SMILES string of the molecule is CC(=O)OB(OC(C)=O)OC(C)=O.COc1cccc(Cl)c1.Clc1cccc(CNC2CC2)c1.NC1CC1.[H-].[Na+]. The van der Waals surface area contributed by atoms with Crippen LogP contribution in [0.4, 0.5) is 0 Å². The smallest absolute Gasteiger partial charge is 1.00 e. The van der Waals surface area contributed by atoms with E-state index in [1.165, 1.54) is 31.2 Å². The molecule has 9 nitrogen and oxygen atoms in total. The van der Waals surface area contributed by atoms with Crippen LogP contribution in [0.5, 0.6) is 5.75 Å². The summed E-state index contributed by atoms with van der Waals surface area (Å²) in [6.45, 7) is 4.24. The Labute approximate surface area is 264 Å². The minimum absolute atomic E-state index is 0. The van der Waals surface area contributed by atoms with E-state index < -0.39 is 25.2 Å². The molecule has 0 aliphatic heterocycles. The second-order valence-electron chi connectivity index (χ2n) is 8.40. The minimum Gasteiger partial charge on any atom is -1.00 e. The quantitative estimate of drug-likeness (QED) is 0.463. The van der Waals surface area contributed by atoms with E-state index in [2.05, 4.69) is 25.3 Å². The van der Waals surface area contributed by atoms with Gasteiger partial charge >= 0.3 is 36.9 Å². The molecule has 2 aliphatic rings. The molecule has 2 aliphatic carbocycles. The molecular weight excluding hydrogens is 557 g/mol. The fourth-order valence-corrected chi connectivity index (χ4v) is 2.76. The molecule has 4 rings (SSSR count). The van der Waals surface area contributed by atoms with E-state index in [0.717, 1.165) is 44.1 Å². The number of methoxy groups -OCH3 is 1. The minimum atomic E-state index is -1.59. The Balaban J connectivity index is 0. The molecule has 0 radical (unpaired) electrons. The van der Waals surface area contributed by atoms with E-state index in [1.54, 1.807) is 13.2 Å². The van der Waals surface area contributed by atoms with Crippen LogP contribution < -0.4 is 45.3 Å². The second kappa shape index (κ2) is 21.0. The third-order valence-corrected chi connectivity index (χ3v) is 4.97. The van der Waals surface area contributed by atoms with Crippen molar-refractivity contribution in [3.8, 4) is 5.75 Å². The standard InChI is InChI=1S/C10H12ClN.C7H7ClO.C6H9BO6.C3H7N.Na.H/c11-9-3-1-2-8(6-9)7-12-10-4-5-10;1-9-7-4-2-3-6(8)5-7;1-4(8)11-7(12-5(2)9)13-6(3)10;4-3-1-2-3;;/h1-3,6,10,12H,4-5,7H2;2-5H,1H3;1-3H3;3H,1-2,4H2;;/q;;;;+1;-1. The van der Waals surface area contributed by atoms with Crippen LogP contribution in [0.15, 0.2) is 48.5 Å². The number of halogens is 2. The molecule has 13 heteroatoms. The zero-order chi connectivity index (χ0) is 28.5. The Morgan fingerprint density at radius 2 is 1.36 bits per heavy atom. The summed E-state index contributed by atoms with van der Waals surface area (Å²) in [7, 11) is 0.0265. The molecule has 0 saturated heterocycles. The summed E-state index contributed by atoms with van der Waals surface area (Å²) in [5.41, 5.74) is 6.49. The van der Waals surface area contributed by atoms with Gasteiger partial charge in [0, 0.05) is 49.4 Å². The van der Waals surface area contributed by atoms with E-state index in [9.17, 15) is 14.4 Å². The summed E-state index contributed by atoms with van der Waals surface area (Å²) in [5, 5.41) is 4.97. The number of benzene rings is 2. The number of hydrogen-bond acceptors (Lipinski definition) is 9. The third kappa shape index (κ3) is 22.7. The number of ether oxygens (including phenoxy) is 1. The number of hydrogen-bond donors (Lipinski definition) is 2. The van der Waals surface area contributed by atoms with Crippen LogP contribution in [0.1, 0.15) is 53.4 Å². The molecule has 0 unspecified atom stereocenters. The number of carbonyl (C=O) groups is 3. The van der Waals surface area contributed by atoms with Crippen molar-refractivity contribution in [2.45, 2.75) is 65.1 Å². The predicted octanol–water partition coefficient (Wildman–Crippen LogP) is 1.83. The first-order valence-corrected chi connectivity index (χ1v) is 12.8. The van der Waals surface area contributed by atoms with E-state index in [-0.39, 0.29) is 31.0 Å². The summed E-state index contributed by atoms with van der Waals surface area (Å²) < 4.78 is 18.0. The molecule has 39 heavy (non-hydrogen) atoms. The first-order chi connectivity index (χ1) is 18.0. The van der Waals surface area contributed by atoms with Crippen LogP contribution in [0.3, 0.4) is 0 Å².